The molecule has 0 aliphatic carbocycles. The summed E-state index contributed by atoms with van der Waals surface area (Å²) in [6.07, 6.45) is 1.30. The molecule has 6 nitrogen and oxygen atoms in total. The molecule has 2 amide bonds. The summed E-state index contributed by atoms with van der Waals surface area (Å²) in [4.78, 5) is 49.5. The Morgan fingerprint density at radius 2 is 1.21 bits per heavy atom. The second-order valence-electron chi connectivity index (χ2n) is 8.05. The van der Waals surface area contributed by atoms with Crippen molar-refractivity contribution in [1.29, 1.82) is 0 Å². The van der Waals surface area contributed by atoms with Gasteiger partial charge in [-0.25, -0.2) is 0 Å². The Hall–Kier alpha value is -4.06. The van der Waals surface area contributed by atoms with Gasteiger partial charge in [0.1, 0.15) is 6.29 Å². The minimum absolute atomic E-state index is 0.0463. The summed E-state index contributed by atoms with van der Waals surface area (Å²) in [7, 11) is 0. The second kappa shape index (κ2) is 12.8. The molecule has 2 atom stereocenters. The maximum absolute atomic E-state index is 13.0. The zero-order valence-electron chi connectivity index (χ0n) is 18.9. The molecule has 174 valence electrons. The molecule has 0 radical (unpaired) electrons. The first kappa shape index (κ1) is 24.6. The molecule has 3 aromatic rings. The van der Waals surface area contributed by atoms with E-state index in [-0.39, 0.29) is 30.4 Å². The summed E-state index contributed by atoms with van der Waals surface area (Å²) in [6.45, 7) is 0. The van der Waals surface area contributed by atoms with Crippen molar-refractivity contribution in [1.82, 2.24) is 10.6 Å². The number of nitrogens with one attached hydrogen (secondary N) is 2. The molecular weight excluding hydrogens is 428 g/mol. The number of hydrogen-bond donors (Lipinski definition) is 2. The fourth-order valence-corrected chi connectivity index (χ4v) is 3.62. The Labute approximate surface area is 199 Å². The van der Waals surface area contributed by atoms with E-state index in [0.29, 0.717) is 24.7 Å². The lowest BCUT2D eigenvalue weighted by molar-refractivity contribution is -0.127. The number of Topliss-reactive ketones (excluding diaryl/α,β-unsaturated/α-hetero) is 1. The van der Waals surface area contributed by atoms with Gasteiger partial charge in [0, 0.05) is 18.4 Å². The van der Waals surface area contributed by atoms with Crippen LogP contribution < -0.4 is 10.6 Å². The first-order chi connectivity index (χ1) is 16.5. The molecule has 0 fully saturated rings. The minimum Gasteiger partial charge on any atom is -0.346 e. The van der Waals surface area contributed by atoms with Crippen LogP contribution in [0.1, 0.15) is 34.3 Å². The predicted octanol–water partition coefficient (Wildman–Crippen LogP) is 3.30. The standard InChI is InChI=1S/C28H28N2O4/c31-20-24(18-21-10-4-1-5-11-21)29-27(33)17-16-26(32)25(19-22-12-6-2-7-13-22)30-28(34)23-14-8-3-9-15-23/h1-15,20,24-25H,16-19H2,(H,29,33)(H,30,34)/t24-,25-/m0/s1. The Bertz CT molecular complexity index is 1090. The zero-order valence-corrected chi connectivity index (χ0v) is 18.9. The lowest BCUT2D eigenvalue weighted by Gasteiger charge is -2.18. The van der Waals surface area contributed by atoms with Crippen molar-refractivity contribution < 1.29 is 19.2 Å². The number of amides is 2. The lowest BCUT2D eigenvalue weighted by atomic mass is 9.98. The third-order valence-corrected chi connectivity index (χ3v) is 5.42. The average molecular weight is 457 g/mol. The van der Waals surface area contributed by atoms with Gasteiger partial charge in [0.15, 0.2) is 5.78 Å². The Balaban J connectivity index is 1.59. The van der Waals surface area contributed by atoms with Crippen molar-refractivity contribution in [2.75, 3.05) is 0 Å². The number of hydrogen-bond acceptors (Lipinski definition) is 4. The normalized spacial score (nSPS) is 12.2. The van der Waals surface area contributed by atoms with Gasteiger partial charge in [-0.05, 0) is 36.1 Å². The van der Waals surface area contributed by atoms with Gasteiger partial charge < -0.3 is 15.4 Å². The Morgan fingerprint density at radius 3 is 1.76 bits per heavy atom. The summed E-state index contributed by atoms with van der Waals surface area (Å²) < 4.78 is 0. The van der Waals surface area contributed by atoms with Gasteiger partial charge in [-0.2, -0.15) is 0 Å². The summed E-state index contributed by atoms with van der Waals surface area (Å²) in [5, 5.41) is 5.49. The molecular formula is C28H28N2O4. The number of ketones is 1. The molecule has 34 heavy (non-hydrogen) atoms. The molecule has 2 N–H and O–H groups in total. The maximum atomic E-state index is 13.0. The third kappa shape index (κ3) is 7.81. The van der Waals surface area contributed by atoms with Crippen molar-refractivity contribution >= 4 is 23.9 Å². The van der Waals surface area contributed by atoms with Crippen LogP contribution in [0.4, 0.5) is 0 Å². The SMILES string of the molecule is O=C[C@H](Cc1ccccc1)NC(=O)CCC(=O)[C@H](Cc1ccccc1)NC(=O)c1ccccc1. The van der Waals surface area contributed by atoms with Crippen molar-refractivity contribution in [2.24, 2.45) is 0 Å². The molecule has 3 aromatic carbocycles. The largest absolute Gasteiger partial charge is 0.346 e. The number of aldehydes is 1. The molecule has 0 aliphatic heterocycles. The highest BCUT2D eigenvalue weighted by Gasteiger charge is 2.23. The average Bonchev–Trinajstić information content (AvgIpc) is 2.88. The smallest absolute Gasteiger partial charge is 0.251 e. The van der Waals surface area contributed by atoms with Crippen LogP contribution in [-0.2, 0) is 27.2 Å². The molecule has 0 aliphatic rings. The molecule has 3 rings (SSSR count). The van der Waals surface area contributed by atoms with Gasteiger partial charge in [-0.1, -0.05) is 78.9 Å². The highest BCUT2D eigenvalue weighted by molar-refractivity contribution is 5.98. The lowest BCUT2D eigenvalue weighted by Crippen LogP contribution is -2.43. The molecule has 0 aromatic heterocycles. The van der Waals surface area contributed by atoms with Gasteiger partial charge >= 0.3 is 0 Å². The number of rotatable bonds is 12. The van der Waals surface area contributed by atoms with Crippen LogP contribution in [0.2, 0.25) is 0 Å². The molecule has 0 spiro atoms. The highest BCUT2D eigenvalue weighted by atomic mass is 16.2. The monoisotopic (exact) mass is 456 g/mol. The fourth-order valence-electron chi connectivity index (χ4n) is 3.62. The van der Waals surface area contributed by atoms with E-state index in [2.05, 4.69) is 10.6 Å². The van der Waals surface area contributed by atoms with Gasteiger partial charge in [0.05, 0.1) is 12.1 Å². The van der Waals surface area contributed by atoms with Crippen LogP contribution in [0.25, 0.3) is 0 Å². The molecule has 0 unspecified atom stereocenters. The summed E-state index contributed by atoms with van der Waals surface area (Å²) in [6, 6.07) is 26.0. The predicted molar refractivity (Wildman–Crippen MR) is 130 cm³/mol. The zero-order chi connectivity index (χ0) is 24.2. The van der Waals surface area contributed by atoms with E-state index in [0.717, 1.165) is 11.1 Å². The van der Waals surface area contributed by atoms with Crippen LogP contribution in [-0.4, -0.2) is 36.0 Å². The summed E-state index contributed by atoms with van der Waals surface area (Å²) >= 11 is 0. The Morgan fingerprint density at radius 1 is 0.676 bits per heavy atom. The van der Waals surface area contributed by atoms with Gasteiger partial charge in [0.2, 0.25) is 5.91 Å². The van der Waals surface area contributed by atoms with E-state index >= 15 is 0 Å². The Kier molecular flexibility index (Phi) is 9.29. The topological polar surface area (TPSA) is 92.3 Å². The van der Waals surface area contributed by atoms with E-state index in [9.17, 15) is 19.2 Å². The maximum Gasteiger partial charge on any atom is 0.251 e. The van der Waals surface area contributed by atoms with Crippen LogP contribution in [0.3, 0.4) is 0 Å². The molecule has 0 saturated heterocycles. The van der Waals surface area contributed by atoms with Crippen molar-refractivity contribution in [3.05, 3.63) is 108 Å². The fraction of sp³-hybridized carbons (Fsp3) is 0.214. The third-order valence-electron chi connectivity index (χ3n) is 5.42. The first-order valence-corrected chi connectivity index (χ1v) is 11.3. The van der Waals surface area contributed by atoms with Crippen molar-refractivity contribution in [3.8, 4) is 0 Å². The summed E-state index contributed by atoms with van der Waals surface area (Å²) in [5.41, 5.74) is 2.30. The van der Waals surface area contributed by atoms with Crippen LogP contribution in [0, 0.1) is 0 Å². The first-order valence-electron chi connectivity index (χ1n) is 11.3. The van der Waals surface area contributed by atoms with Gasteiger partial charge in [-0.3, -0.25) is 14.4 Å². The molecule has 0 heterocycles. The molecule has 0 saturated carbocycles. The number of carbonyl (C=O) groups excluding carboxylic acids is 4. The second-order valence-corrected chi connectivity index (χ2v) is 8.05. The van der Waals surface area contributed by atoms with Gasteiger partial charge in [0.25, 0.3) is 5.91 Å². The number of carbonyl (C=O) groups is 4. The van der Waals surface area contributed by atoms with E-state index in [4.69, 9.17) is 0 Å². The molecule has 6 heteroatoms. The van der Waals surface area contributed by atoms with Crippen LogP contribution >= 0.6 is 0 Å². The van der Waals surface area contributed by atoms with E-state index in [1.54, 1.807) is 24.3 Å². The van der Waals surface area contributed by atoms with E-state index in [1.807, 2.05) is 66.7 Å². The number of benzene rings is 3. The molecule has 0 bridgehead atoms. The van der Waals surface area contributed by atoms with E-state index < -0.39 is 12.1 Å². The van der Waals surface area contributed by atoms with Crippen LogP contribution in [0.5, 0.6) is 0 Å². The minimum atomic E-state index is -0.769. The quantitative estimate of drug-likeness (QED) is 0.409. The van der Waals surface area contributed by atoms with Crippen LogP contribution in [0.15, 0.2) is 91.0 Å². The highest BCUT2D eigenvalue weighted by Crippen LogP contribution is 2.09. The van der Waals surface area contributed by atoms with Gasteiger partial charge in [-0.15, -0.1) is 0 Å². The van der Waals surface area contributed by atoms with E-state index in [1.165, 1.54) is 0 Å². The summed E-state index contributed by atoms with van der Waals surface area (Å²) in [5.74, 6) is -0.966. The van der Waals surface area contributed by atoms with Crippen molar-refractivity contribution in [3.63, 3.8) is 0 Å². The van der Waals surface area contributed by atoms with Crippen molar-refractivity contribution in [2.45, 2.75) is 37.8 Å².